The lowest BCUT2D eigenvalue weighted by molar-refractivity contribution is 0.640. The molecule has 0 aliphatic rings. The summed E-state index contributed by atoms with van der Waals surface area (Å²) < 4.78 is 0. The Bertz CT molecular complexity index is 531. The molecule has 1 heterocycles. The third-order valence-electron chi connectivity index (χ3n) is 2.95. The second-order valence-electron chi connectivity index (χ2n) is 5.51. The van der Waals surface area contributed by atoms with E-state index in [9.17, 15) is 0 Å². The third kappa shape index (κ3) is 4.20. The average molecular weight is 290 g/mol. The highest BCUT2D eigenvalue weighted by Crippen LogP contribution is 2.19. The Hall–Kier alpha value is -1.62. The first-order valence-corrected chi connectivity index (χ1v) is 7.68. The summed E-state index contributed by atoms with van der Waals surface area (Å²) in [4.78, 5) is 2.10. The Balaban J connectivity index is 1.89. The fourth-order valence-corrected chi connectivity index (χ4v) is 2.79. The van der Waals surface area contributed by atoms with E-state index in [1.54, 1.807) is 11.3 Å². The third-order valence-corrected chi connectivity index (χ3v) is 3.85. The summed E-state index contributed by atoms with van der Waals surface area (Å²) in [5.41, 5.74) is 2.46. The van der Waals surface area contributed by atoms with Gasteiger partial charge in [0.15, 0.2) is 0 Å². The average Bonchev–Trinajstić information content (AvgIpc) is 2.83. The zero-order chi connectivity index (χ0) is 14.5. The van der Waals surface area contributed by atoms with E-state index in [1.165, 1.54) is 11.3 Å². The van der Waals surface area contributed by atoms with Crippen LogP contribution in [0.2, 0.25) is 0 Å². The molecule has 0 spiro atoms. The van der Waals surface area contributed by atoms with Crippen LogP contribution < -0.4 is 10.2 Å². The zero-order valence-corrected chi connectivity index (χ0v) is 13.4. The Morgan fingerprint density at radius 1 is 1.15 bits per heavy atom. The van der Waals surface area contributed by atoms with Crippen LogP contribution in [-0.2, 0) is 13.0 Å². The van der Waals surface area contributed by atoms with Crippen LogP contribution in [0.1, 0.15) is 24.4 Å². The molecule has 0 atom stereocenters. The second-order valence-corrected chi connectivity index (χ2v) is 6.58. The Kier molecular flexibility index (Phi) is 4.95. The van der Waals surface area contributed by atoms with E-state index in [1.807, 2.05) is 14.1 Å². The van der Waals surface area contributed by atoms with Crippen molar-refractivity contribution in [3.8, 4) is 0 Å². The quantitative estimate of drug-likeness (QED) is 0.885. The maximum absolute atomic E-state index is 4.21. The van der Waals surface area contributed by atoms with E-state index in [0.29, 0.717) is 5.92 Å². The highest BCUT2D eigenvalue weighted by Gasteiger charge is 2.06. The lowest BCUT2D eigenvalue weighted by Crippen LogP contribution is -2.08. The zero-order valence-electron chi connectivity index (χ0n) is 12.6. The van der Waals surface area contributed by atoms with Gasteiger partial charge in [-0.25, -0.2) is 0 Å². The smallest absolute Gasteiger partial charge is 0.205 e. The van der Waals surface area contributed by atoms with E-state index in [-0.39, 0.29) is 0 Å². The number of rotatable bonds is 6. The summed E-state index contributed by atoms with van der Waals surface area (Å²) in [6.45, 7) is 5.17. The number of aromatic nitrogens is 2. The van der Waals surface area contributed by atoms with Crippen molar-refractivity contribution in [2.45, 2.75) is 26.8 Å². The van der Waals surface area contributed by atoms with Crippen molar-refractivity contribution < 1.29 is 0 Å². The van der Waals surface area contributed by atoms with Gasteiger partial charge in [-0.1, -0.05) is 37.3 Å². The van der Waals surface area contributed by atoms with Crippen LogP contribution in [0, 0.1) is 5.92 Å². The van der Waals surface area contributed by atoms with Crippen molar-refractivity contribution in [3.05, 3.63) is 34.8 Å². The number of hydrogen-bond acceptors (Lipinski definition) is 5. The van der Waals surface area contributed by atoms with E-state index in [4.69, 9.17) is 0 Å². The Morgan fingerprint density at radius 3 is 2.45 bits per heavy atom. The fourth-order valence-electron chi connectivity index (χ4n) is 1.85. The first-order chi connectivity index (χ1) is 9.54. The molecule has 0 amide bonds. The molecule has 4 nitrogen and oxygen atoms in total. The lowest BCUT2D eigenvalue weighted by Gasteiger charge is -2.12. The Labute approximate surface area is 124 Å². The van der Waals surface area contributed by atoms with Crippen LogP contribution >= 0.6 is 11.3 Å². The van der Waals surface area contributed by atoms with Crippen LogP contribution in [0.3, 0.4) is 0 Å². The van der Waals surface area contributed by atoms with Crippen LogP contribution in [-0.4, -0.2) is 24.3 Å². The van der Waals surface area contributed by atoms with Crippen molar-refractivity contribution in [2.24, 2.45) is 5.92 Å². The first kappa shape index (κ1) is 14.8. The van der Waals surface area contributed by atoms with E-state index in [2.05, 4.69) is 58.5 Å². The summed E-state index contributed by atoms with van der Waals surface area (Å²) >= 11 is 1.65. The summed E-state index contributed by atoms with van der Waals surface area (Å²) in [6, 6.07) is 8.53. The summed E-state index contributed by atoms with van der Waals surface area (Å²) in [5, 5.41) is 13.7. The summed E-state index contributed by atoms with van der Waals surface area (Å²) in [6.07, 6.45) is 0.997. The maximum atomic E-state index is 4.21. The van der Waals surface area contributed by atoms with Crippen LogP contribution in [0.25, 0.3) is 0 Å². The number of benzene rings is 1. The van der Waals surface area contributed by atoms with Gasteiger partial charge in [-0.3, -0.25) is 0 Å². The molecular formula is C15H22N4S. The largest absolute Gasteiger partial charge is 0.378 e. The van der Waals surface area contributed by atoms with Gasteiger partial charge in [-0.05, 0) is 23.6 Å². The van der Waals surface area contributed by atoms with Crippen LogP contribution in [0.4, 0.5) is 10.8 Å². The summed E-state index contributed by atoms with van der Waals surface area (Å²) in [7, 11) is 4.09. The van der Waals surface area contributed by atoms with E-state index < -0.39 is 0 Å². The fraction of sp³-hybridized carbons (Fsp3) is 0.467. The predicted molar refractivity (Wildman–Crippen MR) is 86.5 cm³/mol. The molecule has 20 heavy (non-hydrogen) atoms. The predicted octanol–water partition coefficient (Wildman–Crippen LogP) is 3.41. The van der Waals surface area contributed by atoms with Gasteiger partial charge in [0.25, 0.3) is 0 Å². The molecule has 0 radical (unpaired) electrons. The highest BCUT2D eigenvalue weighted by atomic mass is 32.1. The van der Waals surface area contributed by atoms with E-state index in [0.717, 1.165) is 23.1 Å². The Morgan fingerprint density at radius 2 is 1.85 bits per heavy atom. The minimum Gasteiger partial charge on any atom is -0.378 e. The van der Waals surface area contributed by atoms with Crippen molar-refractivity contribution in [2.75, 3.05) is 24.3 Å². The van der Waals surface area contributed by atoms with Gasteiger partial charge < -0.3 is 10.2 Å². The number of hydrogen-bond donors (Lipinski definition) is 1. The lowest BCUT2D eigenvalue weighted by atomic mass is 10.1. The second kappa shape index (κ2) is 6.70. The molecule has 108 valence electrons. The van der Waals surface area contributed by atoms with Gasteiger partial charge in [-0.15, -0.1) is 10.2 Å². The highest BCUT2D eigenvalue weighted by molar-refractivity contribution is 7.15. The molecule has 0 saturated carbocycles. The topological polar surface area (TPSA) is 41.1 Å². The SMILES string of the molecule is CC(C)Cc1nnc(NCc2ccc(N(C)C)cc2)s1. The minimum atomic E-state index is 0.620. The van der Waals surface area contributed by atoms with Gasteiger partial charge >= 0.3 is 0 Å². The number of nitrogens with zero attached hydrogens (tertiary/aromatic N) is 3. The molecule has 0 unspecified atom stereocenters. The van der Waals surface area contributed by atoms with Gasteiger partial charge in [0.1, 0.15) is 5.01 Å². The molecule has 0 fully saturated rings. The van der Waals surface area contributed by atoms with Crippen molar-refractivity contribution in [3.63, 3.8) is 0 Å². The molecule has 0 aliphatic heterocycles. The molecule has 1 aromatic carbocycles. The minimum absolute atomic E-state index is 0.620. The molecule has 5 heteroatoms. The van der Waals surface area contributed by atoms with Gasteiger partial charge in [0.05, 0.1) is 0 Å². The van der Waals surface area contributed by atoms with Crippen LogP contribution in [0.15, 0.2) is 24.3 Å². The van der Waals surface area contributed by atoms with Gasteiger partial charge in [0, 0.05) is 32.7 Å². The standard InChI is InChI=1S/C15H22N4S/c1-11(2)9-14-17-18-15(20-14)16-10-12-5-7-13(8-6-12)19(3)4/h5-8,11H,9-10H2,1-4H3,(H,16,18). The van der Waals surface area contributed by atoms with Crippen molar-refractivity contribution in [1.82, 2.24) is 10.2 Å². The maximum Gasteiger partial charge on any atom is 0.205 e. The first-order valence-electron chi connectivity index (χ1n) is 6.87. The normalized spacial score (nSPS) is 10.8. The molecule has 1 N–H and O–H groups in total. The molecule has 0 bridgehead atoms. The van der Waals surface area contributed by atoms with Gasteiger partial charge in [0.2, 0.25) is 5.13 Å². The molecule has 1 aromatic heterocycles. The van der Waals surface area contributed by atoms with Crippen molar-refractivity contribution >= 4 is 22.2 Å². The number of anilines is 2. The monoisotopic (exact) mass is 290 g/mol. The van der Waals surface area contributed by atoms with E-state index >= 15 is 0 Å². The molecule has 0 aliphatic carbocycles. The van der Waals surface area contributed by atoms with Crippen LogP contribution in [0.5, 0.6) is 0 Å². The molecule has 2 aromatic rings. The number of nitrogens with one attached hydrogen (secondary N) is 1. The molecular weight excluding hydrogens is 268 g/mol. The summed E-state index contributed by atoms with van der Waals surface area (Å²) in [5.74, 6) is 0.620. The van der Waals surface area contributed by atoms with Gasteiger partial charge in [-0.2, -0.15) is 0 Å². The van der Waals surface area contributed by atoms with Crippen molar-refractivity contribution in [1.29, 1.82) is 0 Å². The molecule has 0 saturated heterocycles. The molecule has 2 rings (SSSR count).